The van der Waals surface area contributed by atoms with Gasteiger partial charge in [0.1, 0.15) is 0 Å². The lowest BCUT2D eigenvalue weighted by Crippen LogP contribution is -2.45. The van der Waals surface area contributed by atoms with E-state index in [1.54, 1.807) is 12.1 Å². The molecule has 2 N–H and O–H groups in total. The number of hydrogen-bond acceptors (Lipinski definition) is 4. The molecule has 6 nitrogen and oxygen atoms in total. The molecule has 0 aliphatic carbocycles. The highest BCUT2D eigenvalue weighted by Gasteiger charge is 2.17. The fraction of sp³-hybridized carbons (Fsp3) is 0.294. The van der Waals surface area contributed by atoms with Gasteiger partial charge in [0.25, 0.3) is 0 Å². The molecule has 1 aliphatic heterocycles. The lowest BCUT2D eigenvalue weighted by molar-refractivity contribution is 0.250. The quantitative estimate of drug-likeness (QED) is 0.812. The van der Waals surface area contributed by atoms with E-state index in [0.29, 0.717) is 5.69 Å². The zero-order valence-corrected chi connectivity index (χ0v) is 14.1. The number of piperazine rings is 1. The molecule has 24 heavy (non-hydrogen) atoms. The van der Waals surface area contributed by atoms with Crippen LogP contribution in [0.5, 0.6) is 0 Å². The van der Waals surface area contributed by atoms with Crippen LogP contribution >= 0.6 is 0 Å². The lowest BCUT2D eigenvalue weighted by atomic mass is 10.2. The van der Waals surface area contributed by atoms with Crippen molar-refractivity contribution >= 4 is 21.7 Å². The Morgan fingerprint density at radius 3 is 2.12 bits per heavy atom. The van der Waals surface area contributed by atoms with Crippen LogP contribution in [0.2, 0.25) is 0 Å². The molecule has 128 valence electrons. The molecule has 1 fully saturated rings. The molecule has 0 aromatic heterocycles. The van der Waals surface area contributed by atoms with Gasteiger partial charge in [-0.25, -0.2) is 0 Å². The van der Waals surface area contributed by atoms with Crippen LogP contribution in [0.3, 0.4) is 0 Å². The largest absolute Gasteiger partial charge is 0.369 e. The first-order valence-electron chi connectivity index (χ1n) is 7.86. The average molecular weight is 347 g/mol. The zero-order valence-electron chi connectivity index (χ0n) is 13.3. The average Bonchev–Trinajstić information content (AvgIpc) is 2.56. The maximum atomic E-state index is 10.8. The summed E-state index contributed by atoms with van der Waals surface area (Å²) in [6, 6.07) is 17.5. The van der Waals surface area contributed by atoms with E-state index in [0.717, 1.165) is 38.4 Å². The summed E-state index contributed by atoms with van der Waals surface area (Å²) in [6.45, 7) is 4.79. The van der Waals surface area contributed by atoms with E-state index in [9.17, 15) is 8.42 Å². The van der Waals surface area contributed by atoms with Gasteiger partial charge < -0.3 is 4.90 Å². The number of hydrogen-bond donors (Lipinski definition) is 2. The molecule has 0 amide bonds. The second-order valence-corrected chi connectivity index (χ2v) is 7.03. The predicted octanol–water partition coefficient (Wildman–Crippen LogP) is 2.22. The van der Waals surface area contributed by atoms with Crippen molar-refractivity contribution in [1.82, 2.24) is 4.90 Å². The molecule has 0 atom stereocenters. The zero-order chi connectivity index (χ0) is 17.0. The Morgan fingerprint density at radius 2 is 1.54 bits per heavy atom. The number of nitrogens with one attached hydrogen (secondary N) is 1. The van der Waals surface area contributed by atoms with Crippen molar-refractivity contribution in [3.8, 4) is 0 Å². The van der Waals surface area contributed by atoms with Crippen molar-refractivity contribution in [1.29, 1.82) is 0 Å². The van der Waals surface area contributed by atoms with E-state index in [4.69, 9.17) is 4.55 Å². The van der Waals surface area contributed by atoms with Crippen molar-refractivity contribution in [3.05, 3.63) is 60.2 Å². The fourth-order valence-corrected chi connectivity index (χ4v) is 3.33. The molecule has 2 aromatic carbocycles. The Morgan fingerprint density at radius 1 is 0.917 bits per heavy atom. The summed E-state index contributed by atoms with van der Waals surface area (Å²) in [6.07, 6.45) is 0. The molecule has 1 saturated heterocycles. The van der Waals surface area contributed by atoms with Crippen LogP contribution in [0.1, 0.15) is 5.56 Å². The second kappa shape index (κ2) is 7.21. The Bertz CT molecular complexity index is 755. The topological polar surface area (TPSA) is 72.9 Å². The number of benzene rings is 2. The van der Waals surface area contributed by atoms with Crippen molar-refractivity contribution in [2.75, 3.05) is 35.8 Å². The summed E-state index contributed by atoms with van der Waals surface area (Å²) in [5.41, 5.74) is 2.73. The van der Waals surface area contributed by atoms with Gasteiger partial charge in [-0.3, -0.25) is 14.2 Å². The molecule has 0 spiro atoms. The van der Waals surface area contributed by atoms with Gasteiger partial charge in [-0.1, -0.05) is 30.3 Å². The first-order valence-corrected chi connectivity index (χ1v) is 9.30. The lowest BCUT2D eigenvalue weighted by Gasteiger charge is -2.36. The monoisotopic (exact) mass is 347 g/mol. The molecular weight excluding hydrogens is 326 g/mol. The van der Waals surface area contributed by atoms with E-state index < -0.39 is 10.3 Å². The predicted molar refractivity (Wildman–Crippen MR) is 95.5 cm³/mol. The maximum absolute atomic E-state index is 10.8. The van der Waals surface area contributed by atoms with Gasteiger partial charge in [-0.15, -0.1) is 0 Å². The van der Waals surface area contributed by atoms with E-state index >= 15 is 0 Å². The first-order chi connectivity index (χ1) is 11.5. The van der Waals surface area contributed by atoms with Crippen molar-refractivity contribution < 1.29 is 13.0 Å². The van der Waals surface area contributed by atoms with Gasteiger partial charge >= 0.3 is 10.3 Å². The highest BCUT2D eigenvalue weighted by Crippen LogP contribution is 2.20. The number of anilines is 2. The second-order valence-electron chi connectivity index (χ2n) is 5.87. The maximum Gasteiger partial charge on any atom is 0.357 e. The van der Waals surface area contributed by atoms with E-state index in [-0.39, 0.29) is 0 Å². The van der Waals surface area contributed by atoms with Gasteiger partial charge in [-0.2, -0.15) is 8.42 Å². The standard InChI is InChI=1S/C17H21N3O3S/c21-24(22,23)18-16-6-8-17(9-7-16)20-12-10-19(11-13-20)14-15-4-2-1-3-5-15/h1-9,18H,10-14H2,(H,21,22,23). The van der Waals surface area contributed by atoms with Crippen LogP contribution in [0.4, 0.5) is 11.4 Å². The van der Waals surface area contributed by atoms with Gasteiger partial charge in [0, 0.05) is 38.4 Å². The van der Waals surface area contributed by atoms with Crippen LogP contribution < -0.4 is 9.62 Å². The minimum atomic E-state index is -4.22. The number of nitrogens with zero attached hydrogens (tertiary/aromatic N) is 2. The summed E-state index contributed by atoms with van der Waals surface area (Å²) >= 11 is 0. The molecule has 0 unspecified atom stereocenters. The van der Waals surface area contributed by atoms with Crippen LogP contribution in [-0.4, -0.2) is 44.0 Å². The third kappa shape index (κ3) is 4.70. The summed E-state index contributed by atoms with van der Waals surface area (Å²) in [7, 11) is -4.22. The van der Waals surface area contributed by atoms with Gasteiger partial charge in [0.05, 0.1) is 5.69 Å². The minimum absolute atomic E-state index is 0.351. The van der Waals surface area contributed by atoms with E-state index in [1.165, 1.54) is 5.56 Å². The molecule has 7 heteroatoms. The SMILES string of the molecule is O=S(=O)(O)Nc1ccc(N2CCN(Cc3ccccc3)CC2)cc1. The van der Waals surface area contributed by atoms with Crippen LogP contribution in [-0.2, 0) is 16.8 Å². The molecular formula is C17H21N3O3S. The van der Waals surface area contributed by atoms with Crippen LogP contribution in [0, 0.1) is 0 Å². The molecule has 0 bridgehead atoms. The molecule has 2 aromatic rings. The summed E-state index contributed by atoms with van der Waals surface area (Å²) in [5, 5.41) is 0. The normalized spacial score (nSPS) is 16.1. The van der Waals surface area contributed by atoms with Crippen LogP contribution in [0.25, 0.3) is 0 Å². The van der Waals surface area contributed by atoms with Crippen molar-refractivity contribution in [2.45, 2.75) is 6.54 Å². The van der Waals surface area contributed by atoms with Gasteiger partial charge in [-0.05, 0) is 29.8 Å². The number of rotatable bonds is 5. The molecule has 3 rings (SSSR count). The molecule has 0 radical (unpaired) electrons. The summed E-state index contributed by atoms with van der Waals surface area (Å²) < 4.78 is 32.4. The highest BCUT2D eigenvalue weighted by atomic mass is 32.2. The molecule has 0 saturated carbocycles. The smallest absolute Gasteiger partial charge is 0.357 e. The van der Waals surface area contributed by atoms with E-state index in [2.05, 4.69) is 34.1 Å². The third-order valence-corrected chi connectivity index (χ3v) is 4.59. The van der Waals surface area contributed by atoms with Gasteiger partial charge in [0.2, 0.25) is 0 Å². The Hall–Kier alpha value is -2.09. The molecule has 1 aliphatic rings. The molecule has 1 heterocycles. The summed E-state index contributed by atoms with van der Waals surface area (Å²) in [4.78, 5) is 4.71. The van der Waals surface area contributed by atoms with Crippen molar-refractivity contribution in [2.24, 2.45) is 0 Å². The highest BCUT2D eigenvalue weighted by molar-refractivity contribution is 7.87. The first kappa shape index (κ1) is 16.8. The Balaban J connectivity index is 1.54. The fourth-order valence-electron chi connectivity index (χ4n) is 2.90. The van der Waals surface area contributed by atoms with E-state index in [1.807, 2.05) is 22.9 Å². The van der Waals surface area contributed by atoms with Crippen LogP contribution in [0.15, 0.2) is 54.6 Å². The summed E-state index contributed by atoms with van der Waals surface area (Å²) in [5.74, 6) is 0. The third-order valence-electron chi connectivity index (χ3n) is 4.10. The Kier molecular flexibility index (Phi) is 5.03. The Labute approximate surface area is 142 Å². The minimum Gasteiger partial charge on any atom is -0.369 e. The van der Waals surface area contributed by atoms with Crippen molar-refractivity contribution in [3.63, 3.8) is 0 Å². The van der Waals surface area contributed by atoms with Gasteiger partial charge in [0.15, 0.2) is 0 Å².